The van der Waals surface area contributed by atoms with E-state index >= 15 is 0 Å². The van der Waals surface area contributed by atoms with Crippen LogP contribution in [0, 0.1) is 5.41 Å². The molecule has 3 N–H and O–H groups in total. The van der Waals surface area contributed by atoms with Crippen molar-refractivity contribution in [1.29, 1.82) is 5.41 Å². The Bertz CT molecular complexity index is 248. The highest BCUT2D eigenvalue weighted by Crippen LogP contribution is 2.03. The second kappa shape index (κ2) is 4.97. The topological polar surface area (TPSA) is 47.9 Å². The van der Waals surface area contributed by atoms with Crippen molar-refractivity contribution in [3.63, 3.8) is 0 Å². The lowest BCUT2D eigenvalue weighted by atomic mass is 10.3. The molecule has 3 nitrogen and oxygen atoms in total. The molecule has 0 fully saturated rings. The van der Waals surface area contributed by atoms with Crippen LogP contribution in [0.5, 0.6) is 0 Å². The predicted molar refractivity (Wildman–Crippen MR) is 59.8 cm³/mol. The second-order valence-corrected chi connectivity index (χ2v) is 2.94. The van der Waals surface area contributed by atoms with Gasteiger partial charge in [0.1, 0.15) is 0 Å². The Kier molecular flexibility index (Phi) is 3.86. The highest BCUT2D eigenvalue weighted by atomic mass is 127. The molecule has 0 saturated heterocycles. The van der Waals surface area contributed by atoms with Crippen molar-refractivity contribution in [3.8, 4) is 0 Å². The summed E-state index contributed by atoms with van der Waals surface area (Å²) in [5.41, 5.74) is 0.930. The van der Waals surface area contributed by atoms with Crippen molar-refractivity contribution in [3.05, 3.63) is 30.3 Å². The van der Waals surface area contributed by atoms with E-state index in [-0.39, 0.29) is 0 Å². The first kappa shape index (κ1) is 9.31. The Morgan fingerprint density at radius 1 is 1.33 bits per heavy atom. The largest absolute Gasteiger partial charge is 0.347 e. The minimum absolute atomic E-state index is 0.329. The molecule has 0 atom stereocenters. The zero-order chi connectivity index (χ0) is 8.81. The van der Waals surface area contributed by atoms with Crippen molar-refractivity contribution in [1.82, 2.24) is 5.32 Å². The number of halogens is 1. The van der Waals surface area contributed by atoms with E-state index in [1.807, 2.05) is 30.3 Å². The van der Waals surface area contributed by atoms with Gasteiger partial charge in [-0.05, 0) is 12.1 Å². The van der Waals surface area contributed by atoms with E-state index in [0.29, 0.717) is 5.96 Å². The zero-order valence-electron chi connectivity index (χ0n) is 6.47. The standard InChI is InChI=1S/C8H10IN3/c9-6-11-8(10)12-7-4-2-1-3-5-7/h1-5H,6H2,(H3,10,11,12). The number of rotatable bonds is 2. The Balaban J connectivity index is 2.47. The first-order valence-corrected chi connectivity index (χ1v) is 5.06. The molecule has 64 valence electrons. The van der Waals surface area contributed by atoms with Crippen LogP contribution < -0.4 is 10.6 Å². The monoisotopic (exact) mass is 275 g/mol. The maximum absolute atomic E-state index is 7.40. The lowest BCUT2D eigenvalue weighted by Crippen LogP contribution is -2.27. The van der Waals surface area contributed by atoms with Crippen molar-refractivity contribution >= 4 is 34.2 Å². The highest BCUT2D eigenvalue weighted by molar-refractivity contribution is 14.1. The molecule has 0 amide bonds. The Hall–Kier alpha value is -0.780. The number of alkyl halides is 1. The number of anilines is 1. The number of benzene rings is 1. The molecule has 0 heterocycles. The van der Waals surface area contributed by atoms with Crippen LogP contribution in [0.3, 0.4) is 0 Å². The first-order chi connectivity index (χ1) is 5.83. The summed E-state index contributed by atoms with van der Waals surface area (Å²) in [6.45, 7) is 0. The molecule has 12 heavy (non-hydrogen) atoms. The first-order valence-electron chi connectivity index (χ1n) is 3.53. The molecule has 0 bridgehead atoms. The maximum atomic E-state index is 7.40. The molecule has 0 unspecified atom stereocenters. The lowest BCUT2D eigenvalue weighted by molar-refractivity contribution is 1.12. The van der Waals surface area contributed by atoms with Crippen molar-refractivity contribution in [2.75, 3.05) is 9.87 Å². The average molecular weight is 275 g/mol. The molecule has 1 aromatic carbocycles. The lowest BCUT2D eigenvalue weighted by Gasteiger charge is -2.06. The van der Waals surface area contributed by atoms with Crippen LogP contribution in [-0.4, -0.2) is 10.5 Å². The van der Waals surface area contributed by atoms with Crippen molar-refractivity contribution < 1.29 is 0 Å². The summed E-state index contributed by atoms with van der Waals surface area (Å²) in [6, 6.07) is 9.65. The van der Waals surface area contributed by atoms with Crippen LogP contribution in [0.25, 0.3) is 0 Å². The van der Waals surface area contributed by atoms with Crippen molar-refractivity contribution in [2.24, 2.45) is 0 Å². The second-order valence-electron chi connectivity index (χ2n) is 2.18. The van der Waals surface area contributed by atoms with Gasteiger partial charge >= 0.3 is 0 Å². The van der Waals surface area contributed by atoms with Crippen LogP contribution in [-0.2, 0) is 0 Å². The summed E-state index contributed by atoms with van der Waals surface area (Å²) in [5, 5.41) is 13.2. The maximum Gasteiger partial charge on any atom is 0.193 e. The molecular weight excluding hydrogens is 265 g/mol. The molecule has 0 aliphatic heterocycles. The van der Waals surface area contributed by atoms with Gasteiger partial charge in [-0.3, -0.25) is 5.41 Å². The fourth-order valence-corrected chi connectivity index (χ4v) is 1.16. The highest BCUT2D eigenvalue weighted by Gasteiger charge is 1.92. The molecule has 1 rings (SSSR count). The quantitative estimate of drug-likeness (QED) is 0.254. The summed E-state index contributed by atoms with van der Waals surface area (Å²) in [5.74, 6) is 0.329. The minimum atomic E-state index is 0.329. The summed E-state index contributed by atoms with van der Waals surface area (Å²) in [7, 11) is 0. The van der Waals surface area contributed by atoms with Gasteiger partial charge in [-0.25, -0.2) is 0 Å². The third-order valence-electron chi connectivity index (χ3n) is 1.29. The average Bonchev–Trinajstić information content (AvgIpc) is 2.06. The Morgan fingerprint density at radius 3 is 2.58 bits per heavy atom. The third kappa shape index (κ3) is 3.08. The fraction of sp³-hybridized carbons (Fsp3) is 0.125. The van der Waals surface area contributed by atoms with E-state index in [0.717, 1.165) is 10.2 Å². The molecule has 0 aromatic heterocycles. The van der Waals surface area contributed by atoms with E-state index in [9.17, 15) is 0 Å². The predicted octanol–water partition coefficient (Wildman–Crippen LogP) is 2.02. The SMILES string of the molecule is N=C(NCI)Nc1ccccc1. The number of para-hydroxylation sites is 1. The summed E-state index contributed by atoms with van der Waals surface area (Å²) < 4.78 is 0.733. The van der Waals surface area contributed by atoms with Gasteiger partial charge in [0.05, 0.1) is 4.55 Å². The van der Waals surface area contributed by atoms with E-state index in [1.165, 1.54) is 0 Å². The van der Waals surface area contributed by atoms with Crippen molar-refractivity contribution in [2.45, 2.75) is 0 Å². The molecule has 0 aliphatic rings. The number of guanidine groups is 1. The summed E-state index contributed by atoms with van der Waals surface area (Å²) in [6.07, 6.45) is 0. The van der Waals surface area contributed by atoms with E-state index in [4.69, 9.17) is 5.41 Å². The minimum Gasteiger partial charge on any atom is -0.347 e. The van der Waals surface area contributed by atoms with Gasteiger partial charge in [-0.1, -0.05) is 40.8 Å². The molecular formula is C8H10IN3. The summed E-state index contributed by atoms with van der Waals surface area (Å²) >= 11 is 2.15. The number of hydrogen-bond donors (Lipinski definition) is 3. The number of nitrogens with one attached hydrogen (secondary N) is 3. The van der Waals surface area contributed by atoms with Gasteiger partial charge in [0.25, 0.3) is 0 Å². The van der Waals surface area contributed by atoms with Gasteiger partial charge < -0.3 is 10.6 Å². The van der Waals surface area contributed by atoms with Gasteiger partial charge in [0.15, 0.2) is 5.96 Å². The van der Waals surface area contributed by atoms with Gasteiger partial charge in [0, 0.05) is 5.69 Å². The summed E-state index contributed by atoms with van der Waals surface area (Å²) in [4.78, 5) is 0. The third-order valence-corrected chi connectivity index (χ3v) is 1.67. The van der Waals surface area contributed by atoms with Gasteiger partial charge in [-0.15, -0.1) is 0 Å². The molecule has 0 spiro atoms. The number of hydrogen-bond acceptors (Lipinski definition) is 1. The molecule has 0 aliphatic carbocycles. The van der Waals surface area contributed by atoms with E-state index < -0.39 is 0 Å². The molecule has 1 aromatic rings. The van der Waals surface area contributed by atoms with Gasteiger partial charge in [0.2, 0.25) is 0 Å². The van der Waals surface area contributed by atoms with Crippen LogP contribution in [0.2, 0.25) is 0 Å². The fourth-order valence-electron chi connectivity index (χ4n) is 0.777. The van der Waals surface area contributed by atoms with E-state index in [1.54, 1.807) is 0 Å². The molecule has 0 radical (unpaired) electrons. The van der Waals surface area contributed by atoms with Crippen LogP contribution in [0.15, 0.2) is 30.3 Å². The van der Waals surface area contributed by atoms with Crippen LogP contribution in [0.1, 0.15) is 0 Å². The van der Waals surface area contributed by atoms with Crippen LogP contribution in [0.4, 0.5) is 5.69 Å². The Morgan fingerprint density at radius 2 is 2.00 bits per heavy atom. The smallest absolute Gasteiger partial charge is 0.193 e. The normalized spacial score (nSPS) is 9.08. The molecule has 4 heteroatoms. The van der Waals surface area contributed by atoms with E-state index in [2.05, 4.69) is 33.2 Å². The van der Waals surface area contributed by atoms with Gasteiger partial charge in [-0.2, -0.15) is 0 Å². The molecule has 0 saturated carbocycles. The Labute approximate surface area is 85.2 Å². The zero-order valence-corrected chi connectivity index (χ0v) is 8.63. The van der Waals surface area contributed by atoms with Crippen LogP contribution >= 0.6 is 22.6 Å².